The lowest BCUT2D eigenvalue weighted by Crippen LogP contribution is -2.43. The molecule has 1 amide bonds. The van der Waals surface area contributed by atoms with Crippen molar-refractivity contribution in [1.82, 2.24) is 20.4 Å². The van der Waals surface area contributed by atoms with E-state index >= 15 is 0 Å². The van der Waals surface area contributed by atoms with Crippen LogP contribution in [0.4, 0.5) is 0 Å². The molecule has 0 atom stereocenters. The summed E-state index contributed by atoms with van der Waals surface area (Å²) in [4.78, 5) is 11.9. The van der Waals surface area contributed by atoms with Crippen molar-refractivity contribution < 1.29 is 9.90 Å². The molecule has 6 nitrogen and oxygen atoms in total. The Hall–Kier alpha value is -1.40. The van der Waals surface area contributed by atoms with Gasteiger partial charge in [-0.15, -0.1) is 0 Å². The van der Waals surface area contributed by atoms with Crippen molar-refractivity contribution in [2.24, 2.45) is 5.41 Å². The number of hydrogen-bond donors (Lipinski definition) is 3. The fraction of sp³-hybridized carbons (Fsp3) is 0.733. The zero-order valence-corrected chi connectivity index (χ0v) is 13.8. The van der Waals surface area contributed by atoms with Crippen molar-refractivity contribution in [2.45, 2.75) is 47.7 Å². The van der Waals surface area contributed by atoms with Crippen LogP contribution < -0.4 is 10.6 Å². The summed E-state index contributed by atoms with van der Waals surface area (Å²) in [5.74, 6) is 0.0573. The van der Waals surface area contributed by atoms with Gasteiger partial charge < -0.3 is 15.7 Å². The van der Waals surface area contributed by atoms with E-state index in [9.17, 15) is 4.79 Å². The first-order valence-electron chi connectivity index (χ1n) is 7.46. The fourth-order valence-electron chi connectivity index (χ4n) is 2.28. The van der Waals surface area contributed by atoms with E-state index in [4.69, 9.17) is 5.11 Å². The van der Waals surface area contributed by atoms with Crippen molar-refractivity contribution in [3.63, 3.8) is 0 Å². The number of amides is 1. The molecule has 1 aromatic rings. The third-order valence-corrected chi connectivity index (χ3v) is 3.66. The Kier molecular flexibility index (Phi) is 6.36. The number of carbonyl (C=O) groups excluding carboxylic acids is 1. The number of hydrogen-bond acceptors (Lipinski definition) is 4. The van der Waals surface area contributed by atoms with Gasteiger partial charge in [-0.05, 0) is 34.6 Å². The minimum absolute atomic E-state index is 0.0573. The van der Waals surface area contributed by atoms with Gasteiger partial charge in [0, 0.05) is 30.9 Å². The standard InChI is InChI=1S/C15H28N4O2/c1-6-17-14(21)15(4,5)10-16-9-13-11(2)18-19(7-8-20)12(13)3/h16,20H,6-10H2,1-5H3,(H,17,21). The van der Waals surface area contributed by atoms with E-state index in [1.165, 1.54) is 0 Å². The Bertz CT molecular complexity index is 480. The molecule has 0 aliphatic heterocycles. The molecule has 0 saturated heterocycles. The average molecular weight is 296 g/mol. The summed E-state index contributed by atoms with van der Waals surface area (Å²) in [6.45, 7) is 12.3. The quantitative estimate of drug-likeness (QED) is 0.661. The second-order valence-electron chi connectivity index (χ2n) is 5.94. The minimum Gasteiger partial charge on any atom is -0.394 e. The fourth-order valence-corrected chi connectivity index (χ4v) is 2.28. The Labute approximate surface area is 126 Å². The van der Waals surface area contributed by atoms with E-state index in [1.54, 1.807) is 0 Å². The first kappa shape index (κ1) is 17.7. The van der Waals surface area contributed by atoms with Gasteiger partial charge in [-0.3, -0.25) is 9.48 Å². The molecule has 1 aromatic heterocycles. The van der Waals surface area contributed by atoms with Crippen molar-refractivity contribution in [2.75, 3.05) is 19.7 Å². The third-order valence-electron chi connectivity index (χ3n) is 3.66. The predicted molar refractivity (Wildman–Crippen MR) is 83.0 cm³/mol. The van der Waals surface area contributed by atoms with Gasteiger partial charge >= 0.3 is 0 Å². The van der Waals surface area contributed by atoms with Crippen LogP contribution in [-0.2, 0) is 17.9 Å². The first-order valence-corrected chi connectivity index (χ1v) is 7.46. The number of aliphatic hydroxyl groups is 1. The number of aromatic nitrogens is 2. The minimum atomic E-state index is -0.446. The smallest absolute Gasteiger partial charge is 0.226 e. The molecular formula is C15H28N4O2. The highest BCUT2D eigenvalue weighted by atomic mass is 16.3. The van der Waals surface area contributed by atoms with E-state index in [2.05, 4.69) is 15.7 Å². The lowest BCUT2D eigenvalue weighted by molar-refractivity contribution is -0.129. The van der Waals surface area contributed by atoms with Gasteiger partial charge in [0.25, 0.3) is 0 Å². The molecule has 21 heavy (non-hydrogen) atoms. The summed E-state index contributed by atoms with van der Waals surface area (Å²) in [5.41, 5.74) is 2.71. The van der Waals surface area contributed by atoms with Gasteiger partial charge in [0.15, 0.2) is 0 Å². The molecule has 0 aliphatic carbocycles. The summed E-state index contributed by atoms with van der Waals surface area (Å²) in [7, 11) is 0. The molecule has 6 heteroatoms. The molecular weight excluding hydrogens is 268 g/mol. The third kappa shape index (κ3) is 4.54. The maximum absolute atomic E-state index is 11.9. The second-order valence-corrected chi connectivity index (χ2v) is 5.94. The average Bonchev–Trinajstić information content (AvgIpc) is 2.67. The number of carbonyl (C=O) groups is 1. The van der Waals surface area contributed by atoms with Gasteiger partial charge in [-0.25, -0.2) is 0 Å². The van der Waals surface area contributed by atoms with Crippen molar-refractivity contribution in [1.29, 1.82) is 0 Å². The molecule has 0 saturated carbocycles. The Balaban J connectivity index is 2.62. The molecule has 0 spiro atoms. The van der Waals surface area contributed by atoms with Crippen LogP contribution in [0.1, 0.15) is 37.7 Å². The maximum Gasteiger partial charge on any atom is 0.226 e. The molecule has 0 radical (unpaired) electrons. The SMILES string of the molecule is CCNC(=O)C(C)(C)CNCc1c(C)nn(CCO)c1C. The van der Waals surface area contributed by atoms with Crippen LogP contribution in [0.15, 0.2) is 0 Å². The second kappa shape index (κ2) is 7.56. The molecule has 0 aromatic carbocycles. The summed E-state index contributed by atoms with van der Waals surface area (Å²) >= 11 is 0. The van der Waals surface area contributed by atoms with Gasteiger partial charge in [0.1, 0.15) is 0 Å². The van der Waals surface area contributed by atoms with Crippen LogP contribution in [0, 0.1) is 19.3 Å². The number of nitrogens with zero attached hydrogens (tertiary/aromatic N) is 2. The number of aliphatic hydroxyl groups excluding tert-OH is 1. The molecule has 3 N–H and O–H groups in total. The lowest BCUT2D eigenvalue weighted by atomic mass is 9.92. The molecule has 0 aliphatic rings. The summed E-state index contributed by atoms with van der Waals surface area (Å²) in [6.07, 6.45) is 0. The number of aryl methyl sites for hydroxylation is 1. The number of nitrogens with one attached hydrogen (secondary N) is 2. The zero-order chi connectivity index (χ0) is 16.0. The highest BCUT2D eigenvalue weighted by Crippen LogP contribution is 2.16. The van der Waals surface area contributed by atoms with Gasteiger partial charge in [0.2, 0.25) is 5.91 Å². The molecule has 120 valence electrons. The first-order chi connectivity index (χ1) is 9.83. The number of rotatable bonds is 8. The largest absolute Gasteiger partial charge is 0.394 e. The van der Waals surface area contributed by atoms with Crippen LogP contribution >= 0.6 is 0 Å². The van der Waals surface area contributed by atoms with E-state index in [-0.39, 0.29) is 12.5 Å². The van der Waals surface area contributed by atoms with E-state index in [1.807, 2.05) is 39.3 Å². The van der Waals surface area contributed by atoms with Gasteiger partial charge in [0.05, 0.1) is 24.3 Å². The molecule has 0 bridgehead atoms. The van der Waals surface area contributed by atoms with Crippen LogP contribution in [0.5, 0.6) is 0 Å². The predicted octanol–water partition coefficient (Wildman–Crippen LogP) is 0.744. The highest BCUT2D eigenvalue weighted by Gasteiger charge is 2.26. The monoisotopic (exact) mass is 296 g/mol. The van der Waals surface area contributed by atoms with Gasteiger partial charge in [-0.2, -0.15) is 5.10 Å². The Morgan fingerprint density at radius 1 is 1.38 bits per heavy atom. The lowest BCUT2D eigenvalue weighted by Gasteiger charge is -2.23. The van der Waals surface area contributed by atoms with Crippen molar-refractivity contribution >= 4 is 5.91 Å². The van der Waals surface area contributed by atoms with Crippen LogP contribution in [0.3, 0.4) is 0 Å². The van der Waals surface area contributed by atoms with Crippen LogP contribution in [0.2, 0.25) is 0 Å². The Morgan fingerprint density at radius 2 is 2.05 bits per heavy atom. The molecule has 0 fully saturated rings. The highest BCUT2D eigenvalue weighted by molar-refractivity contribution is 5.81. The van der Waals surface area contributed by atoms with E-state index in [0.29, 0.717) is 26.2 Å². The molecule has 1 rings (SSSR count). The summed E-state index contributed by atoms with van der Waals surface area (Å²) < 4.78 is 1.82. The maximum atomic E-state index is 11.9. The van der Waals surface area contributed by atoms with Gasteiger partial charge in [-0.1, -0.05) is 0 Å². The van der Waals surface area contributed by atoms with Crippen molar-refractivity contribution in [3.8, 4) is 0 Å². The zero-order valence-electron chi connectivity index (χ0n) is 13.8. The normalized spacial score (nSPS) is 11.7. The van der Waals surface area contributed by atoms with E-state index in [0.717, 1.165) is 17.0 Å². The van der Waals surface area contributed by atoms with Crippen LogP contribution in [-0.4, -0.2) is 40.5 Å². The summed E-state index contributed by atoms with van der Waals surface area (Å²) in [5, 5.41) is 19.6. The molecule has 1 heterocycles. The Morgan fingerprint density at radius 3 is 2.62 bits per heavy atom. The van der Waals surface area contributed by atoms with E-state index < -0.39 is 5.41 Å². The summed E-state index contributed by atoms with van der Waals surface area (Å²) in [6, 6.07) is 0. The van der Waals surface area contributed by atoms with Crippen LogP contribution in [0.25, 0.3) is 0 Å². The van der Waals surface area contributed by atoms with Crippen molar-refractivity contribution in [3.05, 3.63) is 17.0 Å². The topological polar surface area (TPSA) is 79.2 Å². The molecule has 0 unspecified atom stereocenters.